The zero-order chi connectivity index (χ0) is 17.8. The minimum absolute atomic E-state index is 0.00928. The summed E-state index contributed by atoms with van der Waals surface area (Å²) in [7, 11) is 0. The Kier molecular flexibility index (Phi) is 5.50. The summed E-state index contributed by atoms with van der Waals surface area (Å²) in [6, 6.07) is 5.57. The fraction of sp³-hybridized carbons (Fsp3) is 0.389. The third-order valence-electron chi connectivity index (χ3n) is 4.44. The van der Waals surface area contributed by atoms with Crippen LogP contribution in [0, 0.1) is 6.92 Å². The summed E-state index contributed by atoms with van der Waals surface area (Å²) >= 11 is 5.96. The van der Waals surface area contributed by atoms with E-state index in [1.165, 1.54) is 0 Å². The first kappa shape index (κ1) is 17.6. The van der Waals surface area contributed by atoms with E-state index in [2.05, 4.69) is 27.1 Å². The molecule has 132 valence electrons. The number of hydrogen-bond acceptors (Lipinski definition) is 5. The molecule has 2 heterocycles. The molecule has 1 aromatic carbocycles. The molecule has 1 amide bonds. The molecule has 25 heavy (non-hydrogen) atoms. The molecule has 0 spiro atoms. The molecule has 0 bridgehead atoms. The maximum absolute atomic E-state index is 12.5. The van der Waals surface area contributed by atoms with Gasteiger partial charge in [-0.1, -0.05) is 18.5 Å². The van der Waals surface area contributed by atoms with Crippen molar-refractivity contribution >= 4 is 29.1 Å². The number of benzene rings is 1. The molecule has 1 aliphatic rings. The molecule has 0 radical (unpaired) electrons. The zero-order valence-corrected chi connectivity index (χ0v) is 15.3. The Balaban J connectivity index is 1.64. The zero-order valence-electron chi connectivity index (χ0n) is 14.5. The molecule has 0 saturated carbocycles. The molecule has 1 fully saturated rings. The summed E-state index contributed by atoms with van der Waals surface area (Å²) < 4.78 is 0. The third kappa shape index (κ3) is 4.27. The topological polar surface area (TPSA) is 61.4 Å². The number of hydrogen-bond donors (Lipinski definition) is 1. The number of nitrogens with one attached hydrogen (secondary N) is 1. The second kappa shape index (κ2) is 7.80. The van der Waals surface area contributed by atoms with Crippen molar-refractivity contribution in [3.05, 3.63) is 46.7 Å². The van der Waals surface area contributed by atoms with E-state index in [0.717, 1.165) is 44.0 Å². The fourth-order valence-corrected chi connectivity index (χ4v) is 3.07. The second-order valence-electron chi connectivity index (χ2n) is 6.11. The van der Waals surface area contributed by atoms with Gasteiger partial charge in [0.2, 0.25) is 5.95 Å². The molecule has 3 rings (SSSR count). The molecular formula is C18H22ClN5O. The number of carbonyl (C=O) groups excluding carboxylic acids is 1. The lowest BCUT2D eigenvalue weighted by Gasteiger charge is -2.33. The van der Waals surface area contributed by atoms with Crippen LogP contribution in [0.5, 0.6) is 0 Å². The molecule has 2 aromatic rings. The Bertz CT molecular complexity index is 742. The van der Waals surface area contributed by atoms with Crippen molar-refractivity contribution in [2.75, 3.05) is 38.0 Å². The van der Waals surface area contributed by atoms with Crippen LogP contribution in [0.1, 0.15) is 22.8 Å². The summed E-state index contributed by atoms with van der Waals surface area (Å²) in [6.45, 7) is 8.45. The highest BCUT2D eigenvalue weighted by molar-refractivity contribution is 6.30. The second-order valence-corrected chi connectivity index (χ2v) is 6.54. The van der Waals surface area contributed by atoms with Crippen LogP contribution in [0.15, 0.2) is 30.6 Å². The van der Waals surface area contributed by atoms with Crippen molar-refractivity contribution in [3.8, 4) is 0 Å². The standard InChI is InChI=1S/C18H22ClN5O/c1-3-23-6-8-24(9-7-23)17(25)14-11-20-18(21-12-14)22-16-5-4-15(19)10-13(16)2/h4-5,10-12H,3,6-9H2,1-2H3,(H,20,21,22). The number of rotatable bonds is 4. The van der Waals surface area contributed by atoms with Gasteiger partial charge in [-0.3, -0.25) is 4.79 Å². The van der Waals surface area contributed by atoms with Gasteiger partial charge in [-0.25, -0.2) is 9.97 Å². The number of carbonyl (C=O) groups is 1. The van der Waals surface area contributed by atoms with Crippen LogP contribution in [0.4, 0.5) is 11.6 Å². The van der Waals surface area contributed by atoms with Crippen molar-refractivity contribution in [1.82, 2.24) is 19.8 Å². The van der Waals surface area contributed by atoms with Gasteiger partial charge in [0.25, 0.3) is 5.91 Å². The van der Waals surface area contributed by atoms with Gasteiger partial charge in [-0.2, -0.15) is 0 Å². The van der Waals surface area contributed by atoms with Crippen LogP contribution in [-0.4, -0.2) is 58.4 Å². The predicted molar refractivity (Wildman–Crippen MR) is 99.5 cm³/mol. The third-order valence-corrected chi connectivity index (χ3v) is 4.68. The Hall–Kier alpha value is -2.18. The molecule has 6 nitrogen and oxygen atoms in total. The van der Waals surface area contributed by atoms with E-state index in [1.54, 1.807) is 12.4 Å². The molecular weight excluding hydrogens is 338 g/mol. The molecule has 1 aromatic heterocycles. The van der Waals surface area contributed by atoms with Gasteiger partial charge in [0, 0.05) is 49.3 Å². The van der Waals surface area contributed by atoms with Crippen molar-refractivity contribution in [1.29, 1.82) is 0 Å². The normalized spacial score (nSPS) is 15.2. The highest BCUT2D eigenvalue weighted by atomic mass is 35.5. The lowest BCUT2D eigenvalue weighted by atomic mass is 10.2. The van der Waals surface area contributed by atoms with Crippen molar-refractivity contribution in [2.24, 2.45) is 0 Å². The van der Waals surface area contributed by atoms with Crippen LogP contribution in [0.25, 0.3) is 0 Å². The SMILES string of the molecule is CCN1CCN(C(=O)c2cnc(Nc3ccc(Cl)cc3C)nc2)CC1. The van der Waals surface area contributed by atoms with E-state index in [9.17, 15) is 4.79 Å². The molecule has 0 aliphatic carbocycles. The lowest BCUT2D eigenvalue weighted by molar-refractivity contribution is 0.0642. The van der Waals surface area contributed by atoms with E-state index < -0.39 is 0 Å². The van der Waals surface area contributed by atoms with Crippen LogP contribution in [0.3, 0.4) is 0 Å². The Morgan fingerprint density at radius 2 is 1.88 bits per heavy atom. The van der Waals surface area contributed by atoms with Crippen molar-refractivity contribution < 1.29 is 4.79 Å². The first-order valence-electron chi connectivity index (χ1n) is 8.43. The number of aromatic nitrogens is 2. The average molecular weight is 360 g/mol. The maximum atomic E-state index is 12.5. The van der Waals surface area contributed by atoms with Crippen LogP contribution < -0.4 is 5.32 Å². The fourth-order valence-electron chi connectivity index (χ4n) is 2.84. The average Bonchev–Trinajstić information content (AvgIpc) is 2.64. The largest absolute Gasteiger partial charge is 0.336 e. The first-order chi connectivity index (χ1) is 12.1. The van der Waals surface area contributed by atoms with Crippen LogP contribution >= 0.6 is 11.6 Å². The van der Waals surface area contributed by atoms with Gasteiger partial charge in [-0.05, 0) is 37.2 Å². The summed E-state index contributed by atoms with van der Waals surface area (Å²) in [5, 5.41) is 3.83. The Labute approximate surface area is 152 Å². The maximum Gasteiger partial charge on any atom is 0.257 e. The summed E-state index contributed by atoms with van der Waals surface area (Å²) in [6.07, 6.45) is 3.16. The molecule has 1 saturated heterocycles. The number of amides is 1. The van der Waals surface area contributed by atoms with E-state index in [4.69, 9.17) is 11.6 Å². The minimum atomic E-state index is -0.00928. The number of halogens is 1. The van der Waals surface area contributed by atoms with E-state index in [1.807, 2.05) is 30.0 Å². The number of piperazine rings is 1. The number of anilines is 2. The smallest absolute Gasteiger partial charge is 0.257 e. The van der Waals surface area contributed by atoms with E-state index in [0.29, 0.717) is 16.5 Å². The van der Waals surface area contributed by atoms with Gasteiger partial charge in [0.1, 0.15) is 0 Å². The van der Waals surface area contributed by atoms with E-state index in [-0.39, 0.29) is 5.91 Å². The highest BCUT2D eigenvalue weighted by Crippen LogP contribution is 2.22. The monoisotopic (exact) mass is 359 g/mol. The van der Waals surface area contributed by atoms with Crippen LogP contribution in [0.2, 0.25) is 5.02 Å². The molecule has 0 unspecified atom stereocenters. The highest BCUT2D eigenvalue weighted by Gasteiger charge is 2.21. The van der Waals surface area contributed by atoms with Crippen LogP contribution in [-0.2, 0) is 0 Å². The summed E-state index contributed by atoms with van der Waals surface area (Å²) in [4.78, 5) is 25.3. The number of aryl methyl sites for hydroxylation is 1. The molecule has 1 N–H and O–H groups in total. The van der Waals surface area contributed by atoms with Crippen molar-refractivity contribution in [2.45, 2.75) is 13.8 Å². The Morgan fingerprint density at radius 3 is 2.48 bits per heavy atom. The van der Waals surface area contributed by atoms with Gasteiger partial charge >= 0.3 is 0 Å². The first-order valence-corrected chi connectivity index (χ1v) is 8.81. The molecule has 0 atom stereocenters. The van der Waals surface area contributed by atoms with Gasteiger partial charge < -0.3 is 15.1 Å². The summed E-state index contributed by atoms with van der Waals surface area (Å²) in [5.74, 6) is 0.447. The van der Waals surface area contributed by atoms with Gasteiger partial charge in [0.05, 0.1) is 5.56 Å². The van der Waals surface area contributed by atoms with Crippen molar-refractivity contribution in [3.63, 3.8) is 0 Å². The van der Waals surface area contributed by atoms with Gasteiger partial charge in [0.15, 0.2) is 0 Å². The van der Waals surface area contributed by atoms with Gasteiger partial charge in [-0.15, -0.1) is 0 Å². The molecule has 7 heteroatoms. The summed E-state index contributed by atoms with van der Waals surface area (Å²) in [5.41, 5.74) is 2.41. The quantitative estimate of drug-likeness (QED) is 0.909. The predicted octanol–water partition coefficient (Wildman–Crippen LogP) is 2.96. The molecule has 1 aliphatic heterocycles. The minimum Gasteiger partial charge on any atom is -0.336 e. The Morgan fingerprint density at radius 1 is 1.20 bits per heavy atom. The van der Waals surface area contributed by atoms with E-state index >= 15 is 0 Å². The number of nitrogens with zero attached hydrogens (tertiary/aromatic N) is 4. The number of likely N-dealkylation sites (N-methyl/N-ethyl adjacent to an activating group) is 1. The lowest BCUT2D eigenvalue weighted by Crippen LogP contribution is -2.48.